The molecule has 214 valence electrons. The minimum Gasteiger partial charge on any atom is -0.497 e. The van der Waals surface area contributed by atoms with Gasteiger partial charge in [0.05, 0.1) is 13.0 Å². The van der Waals surface area contributed by atoms with E-state index in [4.69, 9.17) is 9.47 Å². The van der Waals surface area contributed by atoms with Crippen LogP contribution in [0.2, 0.25) is 0 Å². The normalized spacial score (nSPS) is 23.9. The number of hydrogen-bond donors (Lipinski definition) is 1. The average Bonchev–Trinajstić information content (AvgIpc) is 3.51. The molecule has 3 aliphatic rings. The zero-order chi connectivity index (χ0) is 29.1. The second kappa shape index (κ2) is 9.97. The fourth-order valence-corrected chi connectivity index (χ4v) is 7.27. The molecule has 0 amide bonds. The molecule has 3 aromatic carbocycles. The average molecular weight is 563 g/mol. The van der Waals surface area contributed by atoms with Gasteiger partial charge < -0.3 is 14.6 Å². The fraction of sp³-hybridized carbons (Fsp3) is 0.382. The summed E-state index contributed by atoms with van der Waals surface area (Å²) >= 11 is 0. The van der Waals surface area contributed by atoms with Crippen LogP contribution >= 0.6 is 0 Å². The highest BCUT2D eigenvalue weighted by atomic mass is 19.1. The van der Waals surface area contributed by atoms with Gasteiger partial charge in [-0.3, -0.25) is 4.79 Å². The molecular formula is C34H33F3O4. The zero-order valence-electron chi connectivity index (χ0n) is 23.4. The predicted octanol–water partition coefficient (Wildman–Crippen LogP) is 8.11. The van der Waals surface area contributed by atoms with Gasteiger partial charge in [-0.05, 0) is 77.5 Å². The lowest BCUT2D eigenvalue weighted by molar-refractivity contribution is -0.142. The first kappa shape index (κ1) is 27.4. The molecule has 0 aromatic heterocycles. The number of allylic oxidation sites excluding steroid dienone is 1. The molecule has 1 spiro atoms. The summed E-state index contributed by atoms with van der Waals surface area (Å²) in [5.74, 6) is -3.09. The van der Waals surface area contributed by atoms with Crippen molar-refractivity contribution in [1.29, 1.82) is 0 Å². The Balaban J connectivity index is 1.36. The zero-order valence-corrected chi connectivity index (χ0v) is 23.4. The van der Waals surface area contributed by atoms with Crippen LogP contribution in [-0.4, -0.2) is 18.2 Å². The van der Waals surface area contributed by atoms with E-state index in [0.29, 0.717) is 17.7 Å². The first-order valence-corrected chi connectivity index (χ1v) is 14.1. The van der Waals surface area contributed by atoms with Gasteiger partial charge in [-0.25, -0.2) is 13.2 Å². The van der Waals surface area contributed by atoms with Crippen molar-refractivity contribution in [3.63, 3.8) is 0 Å². The van der Waals surface area contributed by atoms with Crippen molar-refractivity contribution in [3.05, 3.63) is 94.3 Å². The lowest BCUT2D eigenvalue weighted by Crippen LogP contribution is -2.42. The molecule has 4 nitrogen and oxygen atoms in total. The number of halogens is 3. The third kappa shape index (κ3) is 4.41. The molecule has 0 saturated heterocycles. The highest BCUT2D eigenvalue weighted by Crippen LogP contribution is 2.55. The maximum atomic E-state index is 15.9. The Labute approximate surface area is 237 Å². The predicted molar refractivity (Wildman–Crippen MR) is 150 cm³/mol. The first-order valence-electron chi connectivity index (χ1n) is 14.1. The quantitative estimate of drug-likeness (QED) is 0.296. The van der Waals surface area contributed by atoms with Crippen molar-refractivity contribution in [2.75, 3.05) is 7.11 Å². The van der Waals surface area contributed by atoms with Gasteiger partial charge in [0.25, 0.3) is 0 Å². The molecular weight excluding hydrogens is 529 g/mol. The molecule has 41 heavy (non-hydrogen) atoms. The second-order valence-electron chi connectivity index (χ2n) is 12.2. The number of aliphatic carboxylic acids is 1. The third-order valence-electron chi connectivity index (χ3n) is 9.55. The van der Waals surface area contributed by atoms with Crippen LogP contribution in [0.25, 0.3) is 11.1 Å². The monoisotopic (exact) mass is 562 g/mol. The molecule has 7 heteroatoms. The molecule has 3 aromatic rings. The van der Waals surface area contributed by atoms with E-state index in [0.717, 1.165) is 42.0 Å². The summed E-state index contributed by atoms with van der Waals surface area (Å²) in [4.78, 5) is 11.8. The molecule has 3 atom stereocenters. The van der Waals surface area contributed by atoms with Crippen molar-refractivity contribution in [3.8, 4) is 22.6 Å². The number of methoxy groups -OCH3 is 1. The van der Waals surface area contributed by atoms with Crippen LogP contribution in [0.3, 0.4) is 0 Å². The molecule has 0 radical (unpaired) electrons. The standard InChI is InChI=1S/C34H33F3O4/c1-33(2)12-4-5-25(33)23-15-19(6-8-21(23)24-16-20(40-3)7-9-27(24)35)18-41-29-17-28(36)22-10-13-34(30(22)31(29)37)14-11-26(34)32(38)39/h6-9,11,14-17,25-26H,4-5,10,12-13,18H2,1-3H3,(H,38,39)/t25-,26-,34-/m0/s1. The van der Waals surface area contributed by atoms with E-state index in [1.807, 2.05) is 18.2 Å². The van der Waals surface area contributed by atoms with E-state index in [1.54, 1.807) is 25.3 Å². The maximum Gasteiger partial charge on any atom is 0.311 e. The smallest absolute Gasteiger partial charge is 0.311 e. The Morgan fingerprint density at radius 2 is 1.83 bits per heavy atom. The molecule has 1 saturated carbocycles. The van der Waals surface area contributed by atoms with E-state index in [-0.39, 0.29) is 47.1 Å². The van der Waals surface area contributed by atoms with Crippen molar-refractivity contribution >= 4 is 5.97 Å². The SMILES string of the molecule is COc1ccc(F)c(-c2ccc(COc3cc(F)c4c(c3F)[C@]3(C=C[C@H]3C(=O)O)CC4)cc2[C@@H]2CCCC2(C)C)c1. The largest absolute Gasteiger partial charge is 0.497 e. The van der Waals surface area contributed by atoms with Gasteiger partial charge in [-0.2, -0.15) is 0 Å². The summed E-state index contributed by atoms with van der Waals surface area (Å²) in [7, 11) is 1.55. The van der Waals surface area contributed by atoms with Crippen LogP contribution in [0.4, 0.5) is 13.2 Å². The molecule has 0 bridgehead atoms. The highest BCUT2D eigenvalue weighted by molar-refractivity contribution is 5.79. The molecule has 0 heterocycles. The van der Waals surface area contributed by atoms with Crippen molar-refractivity contribution in [1.82, 2.24) is 0 Å². The number of carbonyl (C=O) groups is 1. The summed E-state index contributed by atoms with van der Waals surface area (Å²) in [6, 6.07) is 11.4. The maximum absolute atomic E-state index is 15.9. The van der Waals surface area contributed by atoms with E-state index >= 15 is 13.2 Å². The van der Waals surface area contributed by atoms with Gasteiger partial charge in [0.1, 0.15) is 24.0 Å². The molecule has 1 fully saturated rings. The Morgan fingerprint density at radius 3 is 2.49 bits per heavy atom. The van der Waals surface area contributed by atoms with Gasteiger partial charge in [0.15, 0.2) is 11.6 Å². The van der Waals surface area contributed by atoms with Gasteiger partial charge in [0, 0.05) is 22.6 Å². The number of ether oxygens (including phenoxy) is 2. The lowest BCUT2D eigenvalue weighted by atomic mass is 9.63. The summed E-state index contributed by atoms with van der Waals surface area (Å²) < 4.78 is 57.3. The number of hydrogen-bond acceptors (Lipinski definition) is 3. The summed E-state index contributed by atoms with van der Waals surface area (Å²) in [6.45, 7) is 4.41. The van der Waals surface area contributed by atoms with E-state index < -0.39 is 28.9 Å². The van der Waals surface area contributed by atoms with E-state index in [1.165, 1.54) is 12.1 Å². The highest BCUT2D eigenvalue weighted by Gasteiger charge is 2.53. The topological polar surface area (TPSA) is 55.8 Å². The number of carboxylic acids is 1. The Bertz CT molecular complexity index is 1580. The van der Waals surface area contributed by atoms with Crippen LogP contribution in [-0.2, 0) is 23.2 Å². The molecule has 6 rings (SSSR count). The molecule has 0 aliphatic heterocycles. The van der Waals surface area contributed by atoms with Gasteiger partial charge in [-0.15, -0.1) is 0 Å². The van der Waals surface area contributed by atoms with E-state index in [2.05, 4.69) is 13.8 Å². The summed E-state index contributed by atoms with van der Waals surface area (Å²) in [6.07, 6.45) is 6.89. The molecule has 0 unspecified atom stereocenters. The van der Waals surface area contributed by atoms with Crippen LogP contribution in [0.5, 0.6) is 11.5 Å². The third-order valence-corrected chi connectivity index (χ3v) is 9.55. The van der Waals surface area contributed by atoms with Crippen LogP contribution < -0.4 is 9.47 Å². The summed E-state index contributed by atoms with van der Waals surface area (Å²) in [5.41, 5.74) is 2.24. The fourth-order valence-electron chi connectivity index (χ4n) is 7.27. The lowest BCUT2D eigenvalue weighted by Gasteiger charge is -2.39. The summed E-state index contributed by atoms with van der Waals surface area (Å²) in [5, 5.41) is 9.64. The minimum atomic E-state index is -1.05. The van der Waals surface area contributed by atoms with Crippen molar-refractivity contribution in [2.24, 2.45) is 11.3 Å². The van der Waals surface area contributed by atoms with Crippen LogP contribution in [0, 0.1) is 28.8 Å². The number of rotatable bonds is 7. The Kier molecular flexibility index (Phi) is 6.67. The van der Waals surface area contributed by atoms with Crippen LogP contribution in [0.1, 0.15) is 67.7 Å². The molecule has 3 aliphatic carbocycles. The van der Waals surface area contributed by atoms with E-state index in [9.17, 15) is 9.90 Å². The second-order valence-corrected chi connectivity index (χ2v) is 12.2. The number of fused-ring (bicyclic) bond motifs is 2. The molecule has 1 N–H and O–H groups in total. The first-order chi connectivity index (χ1) is 19.6. The van der Waals surface area contributed by atoms with Gasteiger partial charge in [-0.1, -0.05) is 50.6 Å². The Morgan fingerprint density at radius 1 is 1.02 bits per heavy atom. The number of carboxylic acid groups (broad SMARTS) is 1. The number of benzene rings is 3. The van der Waals surface area contributed by atoms with Gasteiger partial charge >= 0.3 is 5.97 Å². The Hall–Kier alpha value is -3.74. The van der Waals surface area contributed by atoms with Gasteiger partial charge in [0.2, 0.25) is 0 Å². The minimum absolute atomic E-state index is 0.00405. The van der Waals surface area contributed by atoms with Crippen molar-refractivity contribution in [2.45, 2.75) is 63.9 Å². The van der Waals surface area contributed by atoms with Crippen molar-refractivity contribution < 1.29 is 32.5 Å². The van der Waals surface area contributed by atoms with Crippen LogP contribution in [0.15, 0.2) is 54.6 Å².